The molecule has 0 spiro atoms. The molecule has 7 heteroatoms. The number of rotatable bonds is 4. The standard InChI is InChI=1S/C20H28BrNO5/c1-13(26-17-12-15(18(23)25-5)6-7-16(17)21)14-8-10-22(11-9-14)19(24)27-20(2,3)4/h6-7,12-14H,8-11H2,1-5H3. The molecule has 1 saturated heterocycles. The highest BCUT2D eigenvalue weighted by Crippen LogP contribution is 2.31. The van der Waals surface area contributed by atoms with Gasteiger partial charge in [-0.15, -0.1) is 0 Å². The maximum absolute atomic E-state index is 12.2. The number of esters is 1. The lowest BCUT2D eigenvalue weighted by atomic mass is 9.92. The number of carbonyl (C=O) groups is 2. The Morgan fingerprint density at radius 2 is 1.85 bits per heavy atom. The van der Waals surface area contributed by atoms with Gasteiger partial charge in [0.05, 0.1) is 23.2 Å². The topological polar surface area (TPSA) is 65.1 Å². The molecule has 1 fully saturated rings. The van der Waals surface area contributed by atoms with Crippen molar-refractivity contribution in [2.75, 3.05) is 20.2 Å². The zero-order chi connectivity index (χ0) is 20.2. The summed E-state index contributed by atoms with van der Waals surface area (Å²) in [7, 11) is 1.35. The molecule has 1 aromatic rings. The molecule has 1 atom stereocenters. The molecule has 1 aromatic carbocycles. The van der Waals surface area contributed by atoms with Crippen LogP contribution in [0.5, 0.6) is 5.75 Å². The largest absolute Gasteiger partial charge is 0.489 e. The number of hydrogen-bond donors (Lipinski definition) is 0. The maximum Gasteiger partial charge on any atom is 0.410 e. The Morgan fingerprint density at radius 1 is 1.22 bits per heavy atom. The van der Waals surface area contributed by atoms with Crippen molar-refractivity contribution < 1.29 is 23.8 Å². The van der Waals surface area contributed by atoms with Gasteiger partial charge in [0.15, 0.2) is 0 Å². The van der Waals surface area contributed by atoms with Crippen molar-refractivity contribution in [1.29, 1.82) is 0 Å². The zero-order valence-corrected chi connectivity index (χ0v) is 18.2. The fraction of sp³-hybridized carbons (Fsp3) is 0.600. The van der Waals surface area contributed by atoms with Crippen molar-refractivity contribution >= 4 is 28.0 Å². The molecule has 2 rings (SSSR count). The molecule has 150 valence electrons. The van der Waals surface area contributed by atoms with Gasteiger partial charge >= 0.3 is 12.1 Å². The number of benzene rings is 1. The van der Waals surface area contributed by atoms with E-state index in [1.54, 1.807) is 23.1 Å². The molecule has 0 bridgehead atoms. The first kappa shape index (κ1) is 21.5. The van der Waals surface area contributed by atoms with E-state index in [4.69, 9.17) is 14.2 Å². The summed E-state index contributed by atoms with van der Waals surface area (Å²) < 4.78 is 17.1. The van der Waals surface area contributed by atoms with E-state index in [0.29, 0.717) is 30.3 Å². The quantitative estimate of drug-likeness (QED) is 0.636. The van der Waals surface area contributed by atoms with Crippen LogP contribution in [-0.4, -0.2) is 48.9 Å². The minimum absolute atomic E-state index is 0.0463. The number of halogens is 1. The summed E-state index contributed by atoms with van der Waals surface area (Å²) in [6.07, 6.45) is 1.38. The fourth-order valence-electron chi connectivity index (χ4n) is 3.01. The van der Waals surface area contributed by atoms with E-state index >= 15 is 0 Å². The summed E-state index contributed by atoms with van der Waals surface area (Å²) in [5.41, 5.74) is -0.0380. The number of methoxy groups -OCH3 is 1. The second-order valence-corrected chi connectivity index (χ2v) is 8.62. The van der Waals surface area contributed by atoms with Crippen LogP contribution in [0.1, 0.15) is 50.9 Å². The highest BCUT2D eigenvalue weighted by Gasteiger charge is 2.30. The van der Waals surface area contributed by atoms with E-state index in [1.807, 2.05) is 27.7 Å². The van der Waals surface area contributed by atoms with Crippen molar-refractivity contribution in [3.63, 3.8) is 0 Å². The van der Waals surface area contributed by atoms with Gasteiger partial charge in [0.2, 0.25) is 0 Å². The Kier molecular flexibility index (Phi) is 7.14. The normalized spacial score (nSPS) is 16.6. The fourth-order valence-corrected chi connectivity index (χ4v) is 3.35. The maximum atomic E-state index is 12.2. The van der Waals surface area contributed by atoms with Gasteiger partial charge in [-0.25, -0.2) is 9.59 Å². The SMILES string of the molecule is COC(=O)c1ccc(Br)c(OC(C)C2CCN(C(=O)OC(C)(C)C)CC2)c1. The summed E-state index contributed by atoms with van der Waals surface area (Å²) in [6.45, 7) is 8.92. The van der Waals surface area contributed by atoms with Crippen LogP contribution in [0.4, 0.5) is 4.79 Å². The van der Waals surface area contributed by atoms with Gasteiger partial charge in [-0.05, 0) is 80.6 Å². The number of nitrogens with zero attached hydrogens (tertiary/aromatic N) is 1. The number of hydrogen-bond acceptors (Lipinski definition) is 5. The first-order valence-electron chi connectivity index (χ1n) is 9.13. The predicted molar refractivity (Wildman–Crippen MR) is 106 cm³/mol. The summed E-state index contributed by atoms with van der Waals surface area (Å²) >= 11 is 3.46. The van der Waals surface area contributed by atoms with Crippen molar-refractivity contribution in [3.8, 4) is 5.75 Å². The molecule has 0 aromatic heterocycles. The molecule has 1 unspecified atom stereocenters. The van der Waals surface area contributed by atoms with Gasteiger partial charge in [0, 0.05) is 13.1 Å². The summed E-state index contributed by atoms with van der Waals surface area (Å²) in [5, 5.41) is 0. The molecule has 1 amide bonds. The predicted octanol–water partition coefficient (Wildman–Crippen LogP) is 4.65. The van der Waals surface area contributed by atoms with Crippen molar-refractivity contribution in [3.05, 3.63) is 28.2 Å². The lowest BCUT2D eigenvalue weighted by Crippen LogP contribution is -2.44. The van der Waals surface area contributed by atoms with E-state index in [9.17, 15) is 9.59 Å². The van der Waals surface area contributed by atoms with Crippen LogP contribution in [-0.2, 0) is 9.47 Å². The average molecular weight is 442 g/mol. The molecule has 0 N–H and O–H groups in total. The Bertz CT molecular complexity index is 677. The molecule has 6 nitrogen and oxygen atoms in total. The second-order valence-electron chi connectivity index (χ2n) is 7.76. The smallest absolute Gasteiger partial charge is 0.410 e. The van der Waals surface area contributed by atoms with Gasteiger partial charge in [0.25, 0.3) is 0 Å². The molecular weight excluding hydrogens is 414 g/mol. The molecule has 27 heavy (non-hydrogen) atoms. The summed E-state index contributed by atoms with van der Waals surface area (Å²) in [4.78, 5) is 25.7. The van der Waals surface area contributed by atoms with Crippen molar-refractivity contribution in [1.82, 2.24) is 4.90 Å². The van der Waals surface area contributed by atoms with Gasteiger partial charge < -0.3 is 19.1 Å². The monoisotopic (exact) mass is 441 g/mol. The number of piperidine rings is 1. The van der Waals surface area contributed by atoms with Gasteiger partial charge in [-0.1, -0.05) is 0 Å². The van der Waals surface area contributed by atoms with Crippen LogP contribution >= 0.6 is 15.9 Å². The number of amides is 1. The zero-order valence-electron chi connectivity index (χ0n) is 16.6. The van der Waals surface area contributed by atoms with Crippen LogP contribution in [0.3, 0.4) is 0 Å². The number of ether oxygens (including phenoxy) is 3. The second kappa shape index (κ2) is 8.95. The lowest BCUT2D eigenvalue weighted by molar-refractivity contribution is 0.0121. The van der Waals surface area contributed by atoms with Gasteiger partial charge in [0.1, 0.15) is 11.4 Å². The molecule has 1 aliphatic rings. The minimum Gasteiger partial charge on any atom is -0.489 e. The Hall–Kier alpha value is -1.76. The molecule has 0 radical (unpaired) electrons. The molecule has 0 saturated carbocycles. The third-order valence-corrected chi connectivity index (χ3v) is 5.18. The average Bonchev–Trinajstić information content (AvgIpc) is 2.61. The molecule has 0 aliphatic carbocycles. The Labute approximate surface area is 169 Å². The van der Waals surface area contributed by atoms with E-state index in [-0.39, 0.29) is 12.2 Å². The highest BCUT2D eigenvalue weighted by atomic mass is 79.9. The van der Waals surface area contributed by atoms with E-state index < -0.39 is 11.6 Å². The first-order valence-corrected chi connectivity index (χ1v) is 9.92. The highest BCUT2D eigenvalue weighted by molar-refractivity contribution is 9.10. The summed E-state index contributed by atoms with van der Waals surface area (Å²) in [6, 6.07) is 5.15. The van der Waals surface area contributed by atoms with Gasteiger partial charge in [-0.3, -0.25) is 0 Å². The van der Waals surface area contributed by atoms with Crippen molar-refractivity contribution in [2.24, 2.45) is 5.92 Å². The third kappa shape index (κ3) is 6.13. The summed E-state index contributed by atoms with van der Waals surface area (Å²) in [5.74, 6) is 0.531. The third-order valence-electron chi connectivity index (χ3n) is 4.52. The van der Waals surface area contributed by atoms with Crippen LogP contribution in [0.15, 0.2) is 22.7 Å². The van der Waals surface area contributed by atoms with E-state index in [0.717, 1.165) is 17.3 Å². The lowest BCUT2D eigenvalue weighted by Gasteiger charge is -2.35. The van der Waals surface area contributed by atoms with Crippen LogP contribution in [0.25, 0.3) is 0 Å². The Morgan fingerprint density at radius 3 is 2.41 bits per heavy atom. The molecule has 1 aliphatic heterocycles. The van der Waals surface area contributed by atoms with E-state index in [2.05, 4.69) is 15.9 Å². The van der Waals surface area contributed by atoms with Crippen LogP contribution in [0, 0.1) is 5.92 Å². The minimum atomic E-state index is -0.485. The Balaban J connectivity index is 1.94. The number of carbonyl (C=O) groups excluding carboxylic acids is 2. The van der Waals surface area contributed by atoms with Crippen LogP contribution in [0.2, 0.25) is 0 Å². The molecule has 1 heterocycles. The van der Waals surface area contributed by atoms with Crippen LogP contribution < -0.4 is 4.74 Å². The van der Waals surface area contributed by atoms with Crippen molar-refractivity contribution in [2.45, 2.75) is 52.2 Å². The van der Waals surface area contributed by atoms with E-state index in [1.165, 1.54) is 7.11 Å². The molecular formula is C20H28BrNO5. The number of likely N-dealkylation sites (tertiary alicyclic amines) is 1. The van der Waals surface area contributed by atoms with Gasteiger partial charge in [-0.2, -0.15) is 0 Å². The first-order chi connectivity index (χ1) is 12.6.